The standard InChI is InChI=1S/C15H12ClF6N5/c1-3-24-14-26-12(16)11(10-8(18)4-7(17)5-9(10)19)13(27(14)23)25-6(2)15(20,21)22/h3-6,25H,1,23H2,2H3/b24-14-/t6-/m0/s1. The van der Waals surface area contributed by atoms with Gasteiger partial charge in [0.2, 0.25) is 0 Å². The van der Waals surface area contributed by atoms with Crippen LogP contribution < -0.4 is 16.8 Å². The van der Waals surface area contributed by atoms with Crippen LogP contribution in [0.15, 0.2) is 29.9 Å². The molecule has 12 heteroatoms. The second kappa shape index (κ2) is 7.51. The van der Waals surface area contributed by atoms with Gasteiger partial charge in [-0.15, -0.1) is 0 Å². The van der Waals surface area contributed by atoms with Gasteiger partial charge in [-0.3, -0.25) is 0 Å². The van der Waals surface area contributed by atoms with Gasteiger partial charge in [0, 0.05) is 18.3 Å². The summed E-state index contributed by atoms with van der Waals surface area (Å²) in [6.45, 7) is 4.04. The molecule has 1 atom stereocenters. The quantitative estimate of drug-likeness (QED) is 0.457. The highest BCUT2D eigenvalue weighted by atomic mass is 35.5. The molecule has 0 unspecified atom stereocenters. The molecule has 0 bridgehead atoms. The van der Waals surface area contributed by atoms with Crippen molar-refractivity contribution >= 4 is 17.4 Å². The molecule has 0 saturated heterocycles. The lowest BCUT2D eigenvalue weighted by Gasteiger charge is -2.23. The third kappa shape index (κ3) is 4.18. The van der Waals surface area contributed by atoms with Crippen molar-refractivity contribution in [3.63, 3.8) is 0 Å². The van der Waals surface area contributed by atoms with Crippen LogP contribution in [0.1, 0.15) is 6.92 Å². The van der Waals surface area contributed by atoms with Gasteiger partial charge in [-0.25, -0.2) is 22.8 Å². The molecule has 0 radical (unpaired) electrons. The summed E-state index contributed by atoms with van der Waals surface area (Å²) in [6.07, 6.45) is -3.74. The number of nitrogens with zero attached hydrogens (tertiary/aromatic N) is 3. The number of hydrogen-bond acceptors (Lipinski definition) is 4. The van der Waals surface area contributed by atoms with Crippen LogP contribution in [0.4, 0.5) is 32.2 Å². The predicted octanol–water partition coefficient (Wildman–Crippen LogP) is 3.74. The molecule has 0 aliphatic heterocycles. The van der Waals surface area contributed by atoms with Crippen LogP contribution in [0.5, 0.6) is 0 Å². The Balaban J connectivity index is 2.87. The summed E-state index contributed by atoms with van der Waals surface area (Å²) in [5, 5.41) is 1.38. The van der Waals surface area contributed by atoms with E-state index < -0.39 is 57.4 Å². The first kappa shape index (κ1) is 20.6. The van der Waals surface area contributed by atoms with E-state index in [-0.39, 0.29) is 0 Å². The number of halogens is 7. The molecule has 1 heterocycles. The van der Waals surface area contributed by atoms with Gasteiger partial charge in [0.15, 0.2) is 0 Å². The van der Waals surface area contributed by atoms with Crippen LogP contribution in [0.25, 0.3) is 11.1 Å². The minimum absolute atomic E-state index is 0.342. The average molecular weight is 412 g/mol. The number of benzene rings is 1. The van der Waals surface area contributed by atoms with Gasteiger partial charge in [0.25, 0.3) is 5.62 Å². The first-order valence-corrected chi connectivity index (χ1v) is 7.55. The largest absolute Gasteiger partial charge is 0.408 e. The predicted molar refractivity (Wildman–Crippen MR) is 87.6 cm³/mol. The van der Waals surface area contributed by atoms with E-state index in [1.54, 1.807) is 0 Å². The van der Waals surface area contributed by atoms with Gasteiger partial charge >= 0.3 is 6.18 Å². The zero-order valence-corrected chi connectivity index (χ0v) is 14.3. The summed E-state index contributed by atoms with van der Waals surface area (Å²) >= 11 is 5.94. The number of alkyl halides is 3. The minimum atomic E-state index is -4.73. The van der Waals surface area contributed by atoms with Gasteiger partial charge in [0.05, 0.1) is 11.1 Å². The molecule has 0 spiro atoms. The van der Waals surface area contributed by atoms with Crippen molar-refractivity contribution in [1.29, 1.82) is 0 Å². The Morgan fingerprint density at radius 3 is 2.30 bits per heavy atom. The lowest BCUT2D eigenvalue weighted by Crippen LogP contribution is -2.39. The summed E-state index contributed by atoms with van der Waals surface area (Å²) in [5.41, 5.74) is -1.93. The fourth-order valence-corrected chi connectivity index (χ4v) is 2.38. The summed E-state index contributed by atoms with van der Waals surface area (Å²) in [4.78, 5) is 7.32. The highest BCUT2D eigenvalue weighted by molar-refractivity contribution is 6.32. The first-order chi connectivity index (χ1) is 12.5. The fraction of sp³-hybridized carbons (Fsp3) is 0.200. The molecule has 146 valence electrons. The molecule has 0 amide bonds. The van der Waals surface area contributed by atoms with E-state index in [2.05, 4.69) is 16.6 Å². The zero-order valence-electron chi connectivity index (χ0n) is 13.6. The third-order valence-corrected chi connectivity index (χ3v) is 3.68. The van der Waals surface area contributed by atoms with Crippen LogP contribution in [0, 0.1) is 17.5 Å². The topological polar surface area (TPSA) is 68.2 Å². The fourth-order valence-electron chi connectivity index (χ4n) is 2.12. The molecule has 0 saturated carbocycles. The molecular formula is C15H12ClF6N5. The molecule has 1 aromatic carbocycles. The van der Waals surface area contributed by atoms with Gasteiger partial charge in [0.1, 0.15) is 34.5 Å². The van der Waals surface area contributed by atoms with Crippen LogP contribution in [0.2, 0.25) is 5.15 Å². The Morgan fingerprint density at radius 2 is 1.81 bits per heavy atom. The maximum absolute atomic E-state index is 14.2. The molecule has 2 aromatic rings. The van der Waals surface area contributed by atoms with Gasteiger partial charge in [-0.2, -0.15) is 18.2 Å². The van der Waals surface area contributed by atoms with E-state index in [0.29, 0.717) is 16.8 Å². The molecular weight excluding hydrogens is 400 g/mol. The Bertz CT molecular complexity index is 930. The number of anilines is 1. The van der Waals surface area contributed by atoms with Crippen LogP contribution in [-0.4, -0.2) is 21.9 Å². The van der Waals surface area contributed by atoms with Gasteiger partial charge < -0.3 is 11.2 Å². The number of nitrogens with two attached hydrogens (primary N) is 1. The third-order valence-electron chi connectivity index (χ3n) is 3.41. The van der Waals surface area contributed by atoms with E-state index in [1.807, 2.05) is 5.32 Å². The van der Waals surface area contributed by atoms with Crippen molar-refractivity contribution in [2.75, 3.05) is 11.2 Å². The number of nitrogens with one attached hydrogen (secondary N) is 1. The lowest BCUT2D eigenvalue weighted by atomic mass is 10.1. The molecule has 0 aliphatic carbocycles. The highest BCUT2D eigenvalue weighted by Crippen LogP contribution is 2.37. The van der Waals surface area contributed by atoms with Crippen molar-refractivity contribution < 1.29 is 26.3 Å². The van der Waals surface area contributed by atoms with Crippen molar-refractivity contribution in [2.45, 2.75) is 19.1 Å². The minimum Gasteiger partial charge on any atom is -0.358 e. The Hall–Kier alpha value is -2.69. The monoisotopic (exact) mass is 411 g/mol. The summed E-state index contributed by atoms with van der Waals surface area (Å²) in [5.74, 6) is 1.02. The molecule has 3 N–H and O–H groups in total. The molecule has 0 fully saturated rings. The first-order valence-electron chi connectivity index (χ1n) is 7.17. The molecule has 5 nitrogen and oxygen atoms in total. The second-order valence-electron chi connectivity index (χ2n) is 5.26. The van der Waals surface area contributed by atoms with Gasteiger partial charge in [-0.05, 0) is 6.92 Å². The summed E-state index contributed by atoms with van der Waals surface area (Å²) < 4.78 is 81.0. The van der Waals surface area contributed by atoms with E-state index in [1.165, 1.54) is 0 Å². The SMILES string of the molecule is C=C/N=c1/nc(Cl)c(-c2c(F)cc(F)cc2F)c(N[C@@H](C)C(F)(F)F)n1N. The van der Waals surface area contributed by atoms with E-state index >= 15 is 0 Å². The zero-order chi connectivity index (χ0) is 20.5. The summed E-state index contributed by atoms with van der Waals surface area (Å²) in [6, 6.07) is -1.50. The molecule has 0 aliphatic rings. The Morgan fingerprint density at radius 1 is 1.26 bits per heavy atom. The smallest absolute Gasteiger partial charge is 0.358 e. The van der Waals surface area contributed by atoms with Crippen molar-refractivity contribution in [3.8, 4) is 11.1 Å². The second-order valence-corrected chi connectivity index (χ2v) is 5.62. The van der Waals surface area contributed by atoms with Crippen molar-refractivity contribution in [1.82, 2.24) is 9.66 Å². The molecule has 27 heavy (non-hydrogen) atoms. The normalized spacial score (nSPS) is 13.6. The Kier molecular flexibility index (Phi) is 5.73. The number of nitrogen functional groups attached to an aromatic ring is 1. The van der Waals surface area contributed by atoms with Crippen LogP contribution in [0.3, 0.4) is 0 Å². The van der Waals surface area contributed by atoms with E-state index in [0.717, 1.165) is 13.1 Å². The van der Waals surface area contributed by atoms with Crippen molar-refractivity contribution in [3.05, 3.63) is 53.1 Å². The lowest BCUT2D eigenvalue weighted by molar-refractivity contribution is -0.138. The van der Waals surface area contributed by atoms with E-state index in [4.69, 9.17) is 17.4 Å². The van der Waals surface area contributed by atoms with Crippen molar-refractivity contribution in [2.24, 2.45) is 4.99 Å². The van der Waals surface area contributed by atoms with E-state index in [9.17, 15) is 26.3 Å². The molecule has 1 aromatic heterocycles. The summed E-state index contributed by atoms with van der Waals surface area (Å²) in [7, 11) is 0. The number of rotatable bonds is 4. The maximum atomic E-state index is 14.2. The molecule has 2 rings (SSSR count). The number of hydrogen-bond donors (Lipinski definition) is 2. The highest BCUT2D eigenvalue weighted by Gasteiger charge is 2.37. The average Bonchev–Trinajstić information content (AvgIpc) is 2.52. The number of aromatic nitrogens is 2. The van der Waals surface area contributed by atoms with Gasteiger partial charge in [-0.1, -0.05) is 18.2 Å². The Labute approximate surface area is 153 Å². The van der Waals surface area contributed by atoms with Crippen LogP contribution >= 0.6 is 11.6 Å². The van der Waals surface area contributed by atoms with Crippen LogP contribution in [-0.2, 0) is 0 Å². The maximum Gasteiger partial charge on any atom is 0.408 e.